The monoisotopic (exact) mass is 383 g/mol. The maximum Gasteiger partial charge on any atom is 0.241 e. The van der Waals surface area contributed by atoms with Gasteiger partial charge in [-0.2, -0.15) is 5.10 Å². The molecule has 2 aromatic rings. The van der Waals surface area contributed by atoms with Gasteiger partial charge in [-0.3, -0.25) is 4.68 Å². The van der Waals surface area contributed by atoms with Crippen molar-refractivity contribution in [2.45, 2.75) is 59.4 Å². The lowest BCUT2D eigenvalue weighted by Gasteiger charge is -2.16. The number of sulfonamides is 1. The van der Waals surface area contributed by atoms with E-state index in [0.29, 0.717) is 29.4 Å². The summed E-state index contributed by atoms with van der Waals surface area (Å²) in [6.07, 6.45) is 0.639. The van der Waals surface area contributed by atoms with Gasteiger partial charge in [0.2, 0.25) is 10.0 Å². The molecule has 0 saturated carbocycles. The molecule has 25 heavy (non-hydrogen) atoms. The second kappa shape index (κ2) is 7.48. The Hall–Kier alpha value is -1.37. The first kappa shape index (κ1) is 19.9. The summed E-state index contributed by atoms with van der Waals surface area (Å²) in [4.78, 5) is 0.402. The van der Waals surface area contributed by atoms with Crippen LogP contribution < -0.4 is 4.72 Å². The number of hydrogen-bond acceptors (Lipinski definition) is 3. The zero-order valence-corrected chi connectivity index (χ0v) is 17.3. The van der Waals surface area contributed by atoms with Crippen LogP contribution in [0.3, 0.4) is 0 Å². The van der Waals surface area contributed by atoms with Crippen LogP contribution in [0, 0.1) is 41.5 Å². The van der Waals surface area contributed by atoms with Crippen molar-refractivity contribution in [3.63, 3.8) is 0 Å². The lowest BCUT2D eigenvalue weighted by Crippen LogP contribution is -2.27. The van der Waals surface area contributed by atoms with E-state index < -0.39 is 10.0 Å². The van der Waals surface area contributed by atoms with Gasteiger partial charge < -0.3 is 0 Å². The molecule has 7 heteroatoms. The normalized spacial score (nSPS) is 12.0. The van der Waals surface area contributed by atoms with Gasteiger partial charge in [0.15, 0.2) is 0 Å². The number of hydrogen-bond donors (Lipinski definition) is 1. The highest BCUT2D eigenvalue weighted by atomic mass is 35.5. The number of benzene rings is 1. The molecule has 0 amide bonds. The van der Waals surface area contributed by atoms with Gasteiger partial charge in [-0.1, -0.05) is 17.7 Å². The molecular weight excluding hydrogens is 358 g/mol. The maximum absolute atomic E-state index is 12.8. The van der Waals surface area contributed by atoms with E-state index in [9.17, 15) is 8.42 Å². The van der Waals surface area contributed by atoms with E-state index in [0.717, 1.165) is 33.6 Å². The van der Waals surface area contributed by atoms with E-state index in [1.165, 1.54) is 0 Å². The summed E-state index contributed by atoms with van der Waals surface area (Å²) >= 11 is 6.13. The fraction of sp³-hybridized carbons (Fsp3) is 0.500. The van der Waals surface area contributed by atoms with Crippen molar-refractivity contribution >= 4 is 21.6 Å². The van der Waals surface area contributed by atoms with Gasteiger partial charge in [0.25, 0.3) is 0 Å². The third-order valence-electron chi connectivity index (χ3n) is 4.70. The molecule has 0 radical (unpaired) electrons. The molecule has 1 aromatic carbocycles. The fourth-order valence-corrected chi connectivity index (χ4v) is 4.80. The highest BCUT2D eigenvalue weighted by Gasteiger charge is 2.21. The topological polar surface area (TPSA) is 64.0 Å². The molecule has 1 heterocycles. The van der Waals surface area contributed by atoms with Crippen molar-refractivity contribution in [1.82, 2.24) is 14.5 Å². The molecule has 0 unspecified atom stereocenters. The van der Waals surface area contributed by atoms with Crippen LogP contribution in [-0.4, -0.2) is 24.7 Å². The van der Waals surface area contributed by atoms with Gasteiger partial charge in [0.05, 0.1) is 21.3 Å². The van der Waals surface area contributed by atoms with Gasteiger partial charge >= 0.3 is 0 Å². The zero-order valence-electron chi connectivity index (χ0n) is 15.7. The second-order valence-corrected chi connectivity index (χ2v) is 8.63. The summed E-state index contributed by atoms with van der Waals surface area (Å²) in [5.41, 5.74) is 5.28. The molecule has 1 N–H and O–H groups in total. The van der Waals surface area contributed by atoms with Crippen LogP contribution in [0.25, 0.3) is 0 Å². The number of nitrogens with one attached hydrogen (secondary N) is 1. The van der Waals surface area contributed by atoms with E-state index in [1.807, 2.05) is 52.3 Å². The van der Waals surface area contributed by atoms with E-state index in [4.69, 9.17) is 11.6 Å². The second-order valence-electron chi connectivity index (χ2n) is 6.55. The Labute approximate surface area is 155 Å². The third kappa shape index (κ3) is 4.07. The van der Waals surface area contributed by atoms with Crippen LogP contribution in [0.5, 0.6) is 0 Å². The summed E-state index contributed by atoms with van der Waals surface area (Å²) in [5, 5.41) is 5.03. The molecule has 0 aliphatic heterocycles. The molecule has 138 valence electrons. The van der Waals surface area contributed by atoms with Gasteiger partial charge in [-0.25, -0.2) is 13.1 Å². The molecule has 0 spiro atoms. The summed E-state index contributed by atoms with van der Waals surface area (Å²) in [5.74, 6) is 0. The molecule has 1 aromatic heterocycles. The minimum Gasteiger partial charge on any atom is -0.268 e. The minimum absolute atomic E-state index is 0.351. The quantitative estimate of drug-likeness (QED) is 0.772. The van der Waals surface area contributed by atoms with Crippen molar-refractivity contribution in [3.8, 4) is 0 Å². The average Bonchev–Trinajstić information content (AvgIpc) is 2.77. The van der Waals surface area contributed by atoms with Crippen LogP contribution in [0.4, 0.5) is 0 Å². The highest BCUT2D eigenvalue weighted by molar-refractivity contribution is 7.89. The van der Waals surface area contributed by atoms with Gasteiger partial charge in [0.1, 0.15) is 0 Å². The first-order valence-corrected chi connectivity index (χ1v) is 10.2. The molecule has 0 atom stereocenters. The first-order chi connectivity index (χ1) is 11.6. The molecule has 0 saturated heterocycles. The third-order valence-corrected chi connectivity index (χ3v) is 6.98. The average molecular weight is 384 g/mol. The van der Waals surface area contributed by atoms with Crippen molar-refractivity contribution < 1.29 is 8.42 Å². The van der Waals surface area contributed by atoms with Gasteiger partial charge in [0, 0.05) is 13.1 Å². The molecule has 0 aliphatic rings. The van der Waals surface area contributed by atoms with E-state index in [-0.39, 0.29) is 0 Å². The number of halogens is 1. The highest BCUT2D eigenvalue weighted by Crippen LogP contribution is 2.26. The summed E-state index contributed by atoms with van der Waals surface area (Å²) in [7, 11) is -3.54. The van der Waals surface area contributed by atoms with Crippen LogP contribution >= 0.6 is 11.6 Å². The largest absolute Gasteiger partial charge is 0.268 e. The molecule has 0 aliphatic carbocycles. The fourth-order valence-electron chi connectivity index (χ4n) is 2.98. The number of nitrogens with zero attached hydrogens (tertiary/aromatic N) is 2. The van der Waals surface area contributed by atoms with E-state index >= 15 is 0 Å². The van der Waals surface area contributed by atoms with E-state index in [2.05, 4.69) is 9.82 Å². The summed E-state index contributed by atoms with van der Waals surface area (Å²) in [6, 6.07) is 2.02. The molecular formula is C18H26ClN3O2S. The van der Waals surface area contributed by atoms with Gasteiger partial charge in [-0.15, -0.1) is 0 Å². The van der Waals surface area contributed by atoms with E-state index in [1.54, 1.807) is 0 Å². The lowest BCUT2D eigenvalue weighted by atomic mass is 10.0. The van der Waals surface area contributed by atoms with Crippen LogP contribution in [0.2, 0.25) is 5.02 Å². The van der Waals surface area contributed by atoms with Crippen LogP contribution in [0.1, 0.15) is 40.1 Å². The number of aromatic nitrogens is 2. The summed E-state index contributed by atoms with van der Waals surface area (Å²) in [6.45, 7) is 12.3. The number of aryl methyl sites for hydroxylation is 4. The molecule has 2 rings (SSSR count). The lowest BCUT2D eigenvalue weighted by molar-refractivity contribution is 0.543. The smallest absolute Gasteiger partial charge is 0.241 e. The summed E-state index contributed by atoms with van der Waals surface area (Å²) < 4.78 is 30.1. The van der Waals surface area contributed by atoms with Gasteiger partial charge in [-0.05, 0) is 70.2 Å². The van der Waals surface area contributed by atoms with Crippen molar-refractivity contribution in [1.29, 1.82) is 0 Å². The Morgan fingerprint density at radius 2 is 1.64 bits per heavy atom. The first-order valence-electron chi connectivity index (χ1n) is 8.32. The maximum atomic E-state index is 12.8. The minimum atomic E-state index is -3.54. The van der Waals surface area contributed by atoms with Crippen molar-refractivity contribution in [2.24, 2.45) is 0 Å². The standard InChI is InChI=1S/C18H26ClN3O2S/c1-11-10-12(2)14(4)18(13(11)3)25(23,24)20-8-7-9-22-16(6)17(19)15(5)21-22/h10,20H,7-9H2,1-6H3. The van der Waals surface area contributed by atoms with Crippen LogP contribution in [-0.2, 0) is 16.6 Å². The van der Waals surface area contributed by atoms with Crippen molar-refractivity contribution in [3.05, 3.63) is 44.7 Å². The Morgan fingerprint density at radius 1 is 1.08 bits per heavy atom. The molecule has 5 nitrogen and oxygen atoms in total. The Kier molecular flexibility index (Phi) is 5.97. The Morgan fingerprint density at radius 3 is 2.12 bits per heavy atom. The predicted octanol–water partition coefficient (Wildman–Crippen LogP) is 3.76. The van der Waals surface area contributed by atoms with Crippen molar-refractivity contribution in [2.75, 3.05) is 6.54 Å². The molecule has 0 fully saturated rings. The SMILES string of the molecule is Cc1cc(C)c(C)c(S(=O)(=O)NCCCn2nc(C)c(Cl)c2C)c1C. The molecule has 0 bridgehead atoms. The predicted molar refractivity (Wildman–Crippen MR) is 102 cm³/mol. The zero-order chi connectivity index (χ0) is 18.9. The Bertz CT molecular complexity index is 876. The van der Waals surface area contributed by atoms with Crippen LogP contribution in [0.15, 0.2) is 11.0 Å². The Balaban J connectivity index is 2.09. The number of rotatable bonds is 6.